The molecule has 2 rings (SSSR count). The number of hydrogen-bond acceptors (Lipinski definition) is 5. The standard InChI is InChI=1S/C9H11N3O2/c1-6(13)4-10-9-8-7(2-3-14-8)5-11-12-9/h2-3,5-6,13H,4H2,1H3,(H,10,12). The highest BCUT2D eigenvalue weighted by Crippen LogP contribution is 2.20. The first kappa shape index (κ1) is 8.96. The van der Waals surface area contributed by atoms with Crippen LogP contribution >= 0.6 is 0 Å². The van der Waals surface area contributed by atoms with Gasteiger partial charge in [-0.3, -0.25) is 0 Å². The minimum Gasteiger partial charge on any atom is -0.460 e. The van der Waals surface area contributed by atoms with E-state index in [4.69, 9.17) is 9.52 Å². The van der Waals surface area contributed by atoms with E-state index >= 15 is 0 Å². The zero-order valence-electron chi connectivity index (χ0n) is 7.77. The van der Waals surface area contributed by atoms with Crippen molar-refractivity contribution < 1.29 is 9.52 Å². The molecule has 0 radical (unpaired) electrons. The summed E-state index contributed by atoms with van der Waals surface area (Å²) >= 11 is 0. The average molecular weight is 193 g/mol. The van der Waals surface area contributed by atoms with Crippen molar-refractivity contribution >= 4 is 16.8 Å². The summed E-state index contributed by atoms with van der Waals surface area (Å²) in [4.78, 5) is 0. The summed E-state index contributed by atoms with van der Waals surface area (Å²) in [6.07, 6.45) is 2.79. The monoisotopic (exact) mass is 193 g/mol. The van der Waals surface area contributed by atoms with Crippen molar-refractivity contribution in [2.24, 2.45) is 0 Å². The Morgan fingerprint density at radius 1 is 1.64 bits per heavy atom. The molecule has 0 amide bonds. The second-order valence-corrected chi connectivity index (χ2v) is 3.13. The molecule has 0 fully saturated rings. The molecule has 0 aliphatic heterocycles. The van der Waals surface area contributed by atoms with Crippen molar-refractivity contribution in [2.75, 3.05) is 11.9 Å². The molecule has 0 saturated heterocycles. The third-order valence-electron chi connectivity index (χ3n) is 1.83. The summed E-state index contributed by atoms with van der Waals surface area (Å²) in [7, 11) is 0. The lowest BCUT2D eigenvalue weighted by Crippen LogP contribution is -2.16. The number of aliphatic hydroxyl groups excluding tert-OH is 1. The molecule has 74 valence electrons. The molecular formula is C9H11N3O2. The first-order valence-corrected chi connectivity index (χ1v) is 4.38. The summed E-state index contributed by atoms with van der Waals surface area (Å²) in [5.74, 6) is 0.563. The van der Waals surface area contributed by atoms with Crippen molar-refractivity contribution in [3.8, 4) is 0 Å². The fraction of sp³-hybridized carbons (Fsp3) is 0.333. The van der Waals surface area contributed by atoms with Gasteiger partial charge in [-0.2, -0.15) is 5.10 Å². The number of nitrogens with one attached hydrogen (secondary N) is 1. The molecule has 5 nitrogen and oxygen atoms in total. The van der Waals surface area contributed by atoms with Gasteiger partial charge >= 0.3 is 0 Å². The van der Waals surface area contributed by atoms with E-state index in [1.807, 2.05) is 6.07 Å². The van der Waals surface area contributed by atoms with Crippen LogP contribution in [0.1, 0.15) is 6.92 Å². The second-order valence-electron chi connectivity index (χ2n) is 3.13. The lowest BCUT2D eigenvalue weighted by atomic mass is 10.3. The molecule has 0 saturated carbocycles. The van der Waals surface area contributed by atoms with Gasteiger partial charge in [-0.15, -0.1) is 5.10 Å². The first-order chi connectivity index (χ1) is 6.77. The summed E-state index contributed by atoms with van der Waals surface area (Å²) in [5.41, 5.74) is 0.667. The molecule has 0 aliphatic carbocycles. The van der Waals surface area contributed by atoms with Crippen LogP contribution in [0.15, 0.2) is 22.9 Å². The molecule has 14 heavy (non-hydrogen) atoms. The largest absolute Gasteiger partial charge is 0.460 e. The second kappa shape index (κ2) is 3.63. The summed E-state index contributed by atoms with van der Waals surface area (Å²) in [5, 5.41) is 20.6. The molecule has 1 unspecified atom stereocenters. The van der Waals surface area contributed by atoms with Gasteiger partial charge in [-0.1, -0.05) is 0 Å². The van der Waals surface area contributed by atoms with Crippen LogP contribution in [-0.2, 0) is 0 Å². The van der Waals surface area contributed by atoms with Gasteiger partial charge in [-0.05, 0) is 13.0 Å². The smallest absolute Gasteiger partial charge is 0.192 e. The van der Waals surface area contributed by atoms with Gasteiger partial charge < -0.3 is 14.8 Å². The Balaban J connectivity index is 2.27. The van der Waals surface area contributed by atoms with Gasteiger partial charge in [0, 0.05) is 11.9 Å². The highest BCUT2D eigenvalue weighted by atomic mass is 16.3. The Morgan fingerprint density at radius 3 is 3.29 bits per heavy atom. The zero-order chi connectivity index (χ0) is 9.97. The fourth-order valence-electron chi connectivity index (χ4n) is 1.17. The molecule has 5 heteroatoms. The van der Waals surface area contributed by atoms with Crippen LogP contribution < -0.4 is 5.32 Å². The van der Waals surface area contributed by atoms with Crippen molar-refractivity contribution in [3.05, 3.63) is 18.5 Å². The van der Waals surface area contributed by atoms with Crippen molar-refractivity contribution in [2.45, 2.75) is 13.0 Å². The van der Waals surface area contributed by atoms with Gasteiger partial charge in [0.2, 0.25) is 0 Å². The predicted molar refractivity (Wildman–Crippen MR) is 52.0 cm³/mol. The van der Waals surface area contributed by atoms with Crippen LogP contribution in [0.3, 0.4) is 0 Å². The molecule has 0 spiro atoms. The van der Waals surface area contributed by atoms with E-state index in [9.17, 15) is 0 Å². The summed E-state index contributed by atoms with van der Waals surface area (Å²) in [6.45, 7) is 2.12. The van der Waals surface area contributed by atoms with E-state index in [0.29, 0.717) is 17.9 Å². The Bertz CT molecular complexity index is 425. The maximum absolute atomic E-state index is 9.10. The lowest BCUT2D eigenvalue weighted by Gasteiger charge is -2.06. The Hall–Kier alpha value is -1.62. The molecule has 1 atom stereocenters. The van der Waals surface area contributed by atoms with Crippen molar-refractivity contribution in [1.29, 1.82) is 0 Å². The minimum absolute atomic E-state index is 0.425. The number of furan rings is 1. The Morgan fingerprint density at radius 2 is 2.50 bits per heavy atom. The lowest BCUT2D eigenvalue weighted by molar-refractivity contribution is 0.208. The molecular weight excluding hydrogens is 182 g/mol. The zero-order valence-corrected chi connectivity index (χ0v) is 7.77. The summed E-state index contributed by atoms with van der Waals surface area (Å²) in [6, 6.07) is 1.82. The third-order valence-corrected chi connectivity index (χ3v) is 1.83. The van der Waals surface area contributed by atoms with Gasteiger partial charge in [0.15, 0.2) is 11.4 Å². The van der Waals surface area contributed by atoms with E-state index in [-0.39, 0.29) is 0 Å². The number of anilines is 1. The topological polar surface area (TPSA) is 71.2 Å². The van der Waals surface area contributed by atoms with Crippen LogP contribution in [0.25, 0.3) is 11.0 Å². The van der Waals surface area contributed by atoms with Gasteiger partial charge in [0.1, 0.15) is 0 Å². The van der Waals surface area contributed by atoms with E-state index in [0.717, 1.165) is 5.39 Å². The van der Waals surface area contributed by atoms with E-state index in [2.05, 4.69) is 15.5 Å². The van der Waals surface area contributed by atoms with Gasteiger partial charge in [-0.25, -0.2) is 0 Å². The maximum atomic E-state index is 9.10. The van der Waals surface area contributed by atoms with Crippen LogP contribution in [0, 0.1) is 0 Å². The molecule has 0 bridgehead atoms. The number of aliphatic hydroxyl groups is 1. The highest BCUT2D eigenvalue weighted by Gasteiger charge is 2.06. The molecule has 0 aromatic carbocycles. The maximum Gasteiger partial charge on any atom is 0.192 e. The Labute approximate surface area is 80.8 Å². The van der Waals surface area contributed by atoms with Crippen LogP contribution in [-0.4, -0.2) is 28.0 Å². The van der Waals surface area contributed by atoms with Crippen molar-refractivity contribution in [1.82, 2.24) is 10.2 Å². The number of hydrogen-bond donors (Lipinski definition) is 2. The molecule has 0 aliphatic rings. The van der Waals surface area contributed by atoms with E-state index in [1.54, 1.807) is 19.4 Å². The SMILES string of the molecule is CC(O)CNc1nncc2ccoc12. The van der Waals surface area contributed by atoms with Gasteiger partial charge in [0.05, 0.1) is 18.6 Å². The number of fused-ring (bicyclic) bond motifs is 1. The van der Waals surface area contributed by atoms with Crippen LogP contribution in [0.2, 0.25) is 0 Å². The number of aromatic nitrogens is 2. The highest BCUT2D eigenvalue weighted by molar-refractivity contribution is 5.85. The van der Waals surface area contributed by atoms with E-state index in [1.165, 1.54) is 0 Å². The predicted octanol–water partition coefficient (Wildman–Crippen LogP) is 1.02. The molecule has 2 heterocycles. The molecule has 2 aromatic heterocycles. The number of rotatable bonds is 3. The number of nitrogens with zero attached hydrogens (tertiary/aromatic N) is 2. The minimum atomic E-state index is -0.429. The quantitative estimate of drug-likeness (QED) is 0.761. The third kappa shape index (κ3) is 1.67. The first-order valence-electron chi connectivity index (χ1n) is 4.38. The summed E-state index contributed by atoms with van der Waals surface area (Å²) < 4.78 is 5.23. The van der Waals surface area contributed by atoms with Gasteiger partial charge in [0.25, 0.3) is 0 Å². The molecule has 2 aromatic rings. The Kier molecular flexibility index (Phi) is 2.32. The average Bonchev–Trinajstić information content (AvgIpc) is 2.62. The molecule has 2 N–H and O–H groups in total. The van der Waals surface area contributed by atoms with Crippen LogP contribution in [0.4, 0.5) is 5.82 Å². The van der Waals surface area contributed by atoms with Crippen molar-refractivity contribution in [3.63, 3.8) is 0 Å². The van der Waals surface area contributed by atoms with Crippen LogP contribution in [0.5, 0.6) is 0 Å². The fourth-order valence-corrected chi connectivity index (χ4v) is 1.17. The normalized spacial score (nSPS) is 13.0. The van der Waals surface area contributed by atoms with E-state index < -0.39 is 6.10 Å².